The highest BCUT2D eigenvalue weighted by Crippen LogP contribution is 2.28. The molecule has 1 aromatic rings. The summed E-state index contributed by atoms with van der Waals surface area (Å²) in [5, 5.41) is 0. The molecule has 5 heteroatoms. The maximum absolute atomic E-state index is 12.0. The van der Waals surface area contributed by atoms with E-state index in [0.717, 1.165) is 36.9 Å². The Hall–Kier alpha value is -1.91. The van der Waals surface area contributed by atoms with E-state index in [1.54, 1.807) is 6.20 Å². The number of nitrogens with zero attached hydrogens (tertiary/aromatic N) is 1. The molecule has 1 fully saturated rings. The summed E-state index contributed by atoms with van der Waals surface area (Å²) in [6, 6.07) is 3.72. The molecule has 1 aromatic heterocycles. The summed E-state index contributed by atoms with van der Waals surface area (Å²) >= 11 is 0. The van der Waals surface area contributed by atoms with E-state index in [1.165, 1.54) is 7.11 Å². The lowest BCUT2D eigenvalue weighted by Gasteiger charge is -2.29. The van der Waals surface area contributed by atoms with E-state index in [9.17, 15) is 9.59 Å². The Kier molecular flexibility index (Phi) is 5.31. The van der Waals surface area contributed by atoms with Crippen LogP contribution in [0.4, 0.5) is 0 Å². The van der Waals surface area contributed by atoms with Crippen LogP contribution in [-0.2, 0) is 25.5 Å². The first-order valence-electron chi connectivity index (χ1n) is 7.29. The number of carbonyl (C=O) groups excluding carboxylic acids is 2. The smallest absolute Gasteiger partial charge is 0.312 e. The number of hydrogen-bond donors (Lipinski definition) is 0. The topological polar surface area (TPSA) is 65.5 Å². The van der Waals surface area contributed by atoms with Gasteiger partial charge in [0.25, 0.3) is 0 Å². The number of esters is 2. The van der Waals surface area contributed by atoms with E-state index < -0.39 is 0 Å². The van der Waals surface area contributed by atoms with Crippen LogP contribution in [0.15, 0.2) is 18.3 Å². The van der Waals surface area contributed by atoms with Crippen molar-refractivity contribution in [3.8, 4) is 0 Å². The third-order valence-electron chi connectivity index (χ3n) is 3.81. The van der Waals surface area contributed by atoms with Gasteiger partial charge in [-0.3, -0.25) is 14.6 Å². The van der Waals surface area contributed by atoms with E-state index >= 15 is 0 Å². The van der Waals surface area contributed by atoms with Crippen molar-refractivity contribution in [2.24, 2.45) is 5.92 Å². The number of hydrogen-bond acceptors (Lipinski definition) is 5. The van der Waals surface area contributed by atoms with Gasteiger partial charge >= 0.3 is 11.9 Å². The highest BCUT2D eigenvalue weighted by Gasteiger charge is 2.34. The summed E-state index contributed by atoms with van der Waals surface area (Å²) in [6.45, 7) is 1.89. The maximum atomic E-state index is 12.0. The second-order valence-electron chi connectivity index (χ2n) is 5.43. The Balaban J connectivity index is 1.93. The van der Waals surface area contributed by atoms with Gasteiger partial charge in [-0.15, -0.1) is 0 Å². The average Bonchev–Trinajstić information content (AvgIpc) is 2.49. The van der Waals surface area contributed by atoms with Crippen molar-refractivity contribution in [2.75, 3.05) is 7.11 Å². The number of aryl methyl sites for hydroxylation is 1. The van der Waals surface area contributed by atoms with E-state index in [4.69, 9.17) is 9.47 Å². The minimum absolute atomic E-state index is 0.178. The van der Waals surface area contributed by atoms with Crippen LogP contribution < -0.4 is 0 Å². The third kappa shape index (κ3) is 4.28. The quantitative estimate of drug-likeness (QED) is 0.796. The number of carbonyl (C=O) groups is 2. The summed E-state index contributed by atoms with van der Waals surface area (Å²) in [5.41, 5.74) is 1.72. The molecule has 1 heterocycles. The van der Waals surface area contributed by atoms with Crippen LogP contribution in [0.1, 0.15) is 36.9 Å². The molecule has 2 rings (SSSR count). The Bertz CT molecular complexity index is 498. The van der Waals surface area contributed by atoms with Crippen molar-refractivity contribution in [3.63, 3.8) is 0 Å². The summed E-state index contributed by atoms with van der Waals surface area (Å²) in [6.07, 6.45) is 4.87. The molecule has 1 aliphatic rings. The fourth-order valence-corrected chi connectivity index (χ4v) is 2.64. The summed E-state index contributed by atoms with van der Waals surface area (Å²) < 4.78 is 10.3. The van der Waals surface area contributed by atoms with Crippen LogP contribution in [0.25, 0.3) is 0 Å². The van der Waals surface area contributed by atoms with Gasteiger partial charge in [0.15, 0.2) is 0 Å². The van der Waals surface area contributed by atoms with Crippen molar-refractivity contribution in [1.82, 2.24) is 4.98 Å². The van der Waals surface area contributed by atoms with Gasteiger partial charge in [-0.25, -0.2) is 0 Å². The number of ether oxygens (including phenoxy) is 2. The van der Waals surface area contributed by atoms with Gasteiger partial charge in [-0.2, -0.15) is 0 Å². The van der Waals surface area contributed by atoms with Gasteiger partial charge in [-0.05, 0) is 37.8 Å². The predicted octanol–water partition coefficient (Wildman–Crippen LogP) is 2.21. The maximum Gasteiger partial charge on any atom is 0.312 e. The van der Waals surface area contributed by atoms with Gasteiger partial charge in [0.05, 0.1) is 19.4 Å². The van der Waals surface area contributed by atoms with Crippen LogP contribution in [0, 0.1) is 12.8 Å². The zero-order valence-corrected chi connectivity index (χ0v) is 12.5. The van der Waals surface area contributed by atoms with Gasteiger partial charge < -0.3 is 9.47 Å². The monoisotopic (exact) mass is 291 g/mol. The zero-order chi connectivity index (χ0) is 15.2. The highest BCUT2D eigenvalue weighted by molar-refractivity contribution is 5.75. The van der Waals surface area contributed by atoms with Crippen molar-refractivity contribution in [1.29, 1.82) is 0 Å². The molecule has 0 spiro atoms. The van der Waals surface area contributed by atoms with Crippen molar-refractivity contribution < 1.29 is 19.1 Å². The van der Waals surface area contributed by atoms with Crippen LogP contribution in [0.2, 0.25) is 0 Å². The Labute approximate surface area is 124 Å². The molecular weight excluding hydrogens is 270 g/mol. The molecule has 0 radical (unpaired) electrons. The van der Waals surface area contributed by atoms with E-state index in [1.807, 2.05) is 19.1 Å². The van der Waals surface area contributed by atoms with E-state index in [-0.39, 0.29) is 30.4 Å². The number of methoxy groups -OCH3 is 1. The normalized spacial score (nSPS) is 21.6. The van der Waals surface area contributed by atoms with Crippen molar-refractivity contribution in [3.05, 3.63) is 29.6 Å². The third-order valence-corrected chi connectivity index (χ3v) is 3.81. The lowest BCUT2D eigenvalue weighted by Crippen LogP contribution is -2.36. The molecule has 0 N–H and O–H groups in total. The summed E-state index contributed by atoms with van der Waals surface area (Å²) in [7, 11) is 1.37. The summed E-state index contributed by atoms with van der Waals surface area (Å²) in [5.74, 6) is -0.935. The minimum atomic E-state index is -0.364. The molecule has 0 aliphatic heterocycles. The lowest BCUT2D eigenvalue weighted by molar-refractivity contribution is -0.162. The minimum Gasteiger partial charge on any atom is -0.469 e. The molecule has 114 valence electrons. The molecule has 21 heavy (non-hydrogen) atoms. The molecule has 0 aromatic carbocycles. The Morgan fingerprint density at radius 1 is 1.29 bits per heavy atom. The highest BCUT2D eigenvalue weighted by atomic mass is 16.6. The van der Waals surface area contributed by atoms with Crippen molar-refractivity contribution >= 4 is 11.9 Å². The first-order chi connectivity index (χ1) is 10.1. The van der Waals surface area contributed by atoms with E-state index in [2.05, 4.69) is 4.98 Å². The average molecular weight is 291 g/mol. The first kappa shape index (κ1) is 15.5. The standard InChI is InChI=1S/C16H21NO4/c1-11-7-8-12(10-17-11)9-15(18)21-14-6-4-3-5-13(14)16(19)20-2/h7-8,10,13-14H,3-6,9H2,1-2H3/t13-,14+/m1/s1. The van der Waals surface area contributed by atoms with Crippen LogP contribution in [0.5, 0.6) is 0 Å². The van der Waals surface area contributed by atoms with Gasteiger partial charge in [0, 0.05) is 11.9 Å². The molecule has 0 amide bonds. The van der Waals surface area contributed by atoms with Gasteiger partial charge in [0.1, 0.15) is 6.10 Å². The van der Waals surface area contributed by atoms with Gasteiger partial charge in [-0.1, -0.05) is 12.5 Å². The zero-order valence-electron chi connectivity index (χ0n) is 12.5. The Morgan fingerprint density at radius 2 is 2.05 bits per heavy atom. The largest absolute Gasteiger partial charge is 0.469 e. The number of pyridine rings is 1. The molecule has 5 nitrogen and oxygen atoms in total. The lowest BCUT2D eigenvalue weighted by atomic mass is 9.86. The van der Waals surface area contributed by atoms with E-state index in [0.29, 0.717) is 0 Å². The molecule has 2 atom stereocenters. The molecule has 0 bridgehead atoms. The summed E-state index contributed by atoms with van der Waals surface area (Å²) in [4.78, 5) is 27.9. The molecular formula is C16H21NO4. The fourth-order valence-electron chi connectivity index (χ4n) is 2.64. The Morgan fingerprint density at radius 3 is 2.71 bits per heavy atom. The molecule has 0 saturated heterocycles. The van der Waals surface area contributed by atoms with Crippen LogP contribution in [-0.4, -0.2) is 30.1 Å². The van der Waals surface area contributed by atoms with Crippen LogP contribution >= 0.6 is 0 Å². The second kappa shape index (κ2) is 7.20. The number of rotatable bonds is 4. The first-order valence-corrected chi connectivity index (χ1v) is 7.29. The molecule has 1 saturated carbocycles. The van der Waals surface area contributed by atoms with Gasteiger partial charge in [0.2, 0.25) is 0 Å². The fraction of sp³-hybridized carbons (Fsp3) is 0.562. The van der Waals surface area contributed by atoms with Crippen LogP contribution in [0.3, 0.4) is 0 Å². The number of aromatic nitrogens is 1. The predicted molar refractivity (Wildman–Crippen MR) is 76.5 cm³/mol. The molecule has 0 unspecified atom stereocenters. The molecule has 1 aliphatic carbocycles. The van der Waals surface area contributed by atoms with Crippen molar-refractivity contribution in [2.45, 2.75) is 45.1 Å². The second-order valence-corrected chi connectivity index (χ2v) is 5.43. The SMILES string of the molecule is COC(=O)[C@@H]1CCCC[C@@H]1OC(=O)Cc1ccc(C)nc1.